The van der Waals surface area contributed by atoms with Gasteiger partial charge in [0, 0.05) is 50.0 Å². The van der Waals surface area contributed by atoms with Crippen LogP contribution in [0.15, 0.2) is 11.6 Å². The minimum Gasteiger partial charge on any atom is -0.349 e. The van der Waals surface area contributed by atoms with Crippen LogP contribution in [0, 0.1) is 31.1 Å². The lowest BCUT2D eigenvalue weighted by Gasteiger charge is -2.35. The van der Waals surface area contributed by atoms with Gasteiger partial charge < -0.3 is 14.4 Å². The summed E-state index contributed by atoms with van der Waals surface area (Å²) in [7, 11) is 0. The van der Waals surface area contributed by atoms with Crippen LogP contribution in [0.25, 0.3) is 6.08 Å². The molecule has 0 N–H and O–H groups in total. The van der Waals surface area contributed by atoms with Crippen molar-refractivity contribution in [3.05, 3.63) is 28.6 Å². The van der Waals surface area contributed by atoms with Gasteiger partial charge in [-0.3, -0.25) is 9.59 Å². The van der Waals surface area contributed by atoms with Crippen molar-refractivity contribution in [3.8, 4) is 6.07 Å². The molecule has 2 fully saturated rings. The molecular formula is C23H32N4O2. The van der Waals surface area contributed by atoms with Gasteiger partial charge in [0.1, 0.15) is 11.6 Å². The second kappa shape index (κ2) is 9.30. The van der Waals surface area contributed by atoms with Gasteiger partial charge in [-0.1, -0.05) is 19.8 Å². The van der Waals surface area contributed by atoms with Crippen LogP contribution in [0.2, 0.25) is 0 Å². The molecule has 1 aliphatic carbocycles. The van der Waals surface area contributed by atoms with Gasteiger partial charge in [0.15, 0.2) is 0 Å². The summed E-state index contributed by atoms with van der Waals surface area (Å²) >= 11 is 0. The highest BCUT2D eigenvalue weighted by Gasteiger charge is 2.31. The Morgan fingerprint density at radius 3 is 2.34 bits per heavy atom. The molecule has 2 aliphatic rings. The number of hydrogen-bond acceptors (Lipinski definition) is 3. The van der Waals surface area contributed by atoms with E-state index in [0.29, 0.717) is 26.2 Å². The fourth-order valence-electron chi connectivity index (χ4n) is 4.57. The zero-order valence-electron chi connectivity index (χ0n) is 17.9. The highest BCUT2D eigenvalue weighted by Crippen LogP contribution is 2.27. The second-order valence-electron chi connectivity index (χ2n) is 8.25. The van der Waals surface area contributed by atoms with E-state index in [1.807, 2.05) is 17.9 Å². The van der Waals surface area contributed by atoms with E-state index in [1.54, 1.807) is 11.0 Å². The molecule has 6 nitrogen and oxygen atoms in total. The Hall–Kier alpha value is -2.55. The summed E-state index contributed by atoms with van der Waals surface area (Å²) in [6.45, 7) is 9.25. The van der Waals surface area contributed by atoms with E-state index in [-0.39, 0.29) is 23.3 Å². The van der Waals surface area contributed by atoms with Crippen LogP contribution in [0.3, 0.4) is 0 Å². The molecule has 0 spiro atoms. The average Bonchev–Trinajstić information content (AvgIpc) is 3.36. The zero-order valence-corrected chi connectivity index (χ0v) is 17.9. The molecule has 1 aromatic heterocycles. The van der Waals surface area contributed by atoms with Crippen molar-refractivity contribution in [1.29, 1.82) is 5.26 Å². The number of rotatable bonds is 5. The summed E-state index contributed by atoms with van der Waals surface area (Å²) in [6, 6.07) is 4.13. The Balaban J connectivity index is 1.66. The van der Waals surface area contributed by atoms with E-state index in [1.165, 1.54) is 0 Å². The maximum absolute atomic E-state index is 12.9. The van der Waals surface area contributed by atoms with Crippen LogP contribution in [-0.4, -0.2) is 52.4 Å². The van der Waals surface area contributed by atoms with Gasteiger partial charge >= 0.3 is 0 Å². The zero-order chi connectivity index (χ0) is 21.0. The average molecular weight is 397 g/mol. The van der Waals surface area contributed by atoms with Crippen LogP contribution < -0.4 is 0 Å². The van der Waals surface area contributed by atoms with Gasteiger partial charge in [-0.15, -0.1) is 0 Å². The van der Waals surface area contributed by atoms with Gasteiger partial charge in [0.2, 0.25) is 5.91 Å². The molecule has 2 heterocycles. The maximum Gasteiger partial charge on any atom is 0.264 e. The van der Waals surface area contributed by atoms with E-state index in [4.69, 9.17) is 0 Å². The number of amides is 2. The van der Waals surface area contributed by atoms with Crippen molar-refractivity contribution < 1.29 is 9.59 Å². The Kier molecular flexibility index (Phi) is 6.79. The third kappa shape index (κ3) is 4.55. The molecule has 0 atom stereocenters. The maximum atomic E-state index is 12.9. The molecule has 0 unspecified atom stereocenters. The quantitative estimate of drug-likeness (QED) is 0.566. The molecule has 1 saturated carbocycles. The molecule has 1 aliphatic heterocycles. The van der Waals surface area contributed by atoms with Crippen LogP contribution in [-0.2, 0) is 16.1 Å². The SMILES string of the molecule is CCCn1c(C)cc(/C=C(\C#N)C(=O)N2CCN(C(=O)C3CCCC3)CC2)c1C. The van der Waals surface area contributed by atoms with E-state index < -0.39 is 0 Å². The summed E-state index contributed by atoms with van der Waals surface area (Å²) in [5, 5.41) is 9.61. The normalized spacial score (nSPS) is 18.2. The van der Waals surface area contributed by atoms with Crippen molar-refractivity contribution >= 4 is 17.9 Å². The third-order valence-corrected chi connectivity index (χ3v) is 6.29. The summed E-state index contributed by atoms with van der Waals surface area (Å²) in [4.78, 5) is 29.1. The number of hydrogen-bond donors (Lipinski definition) is 0. The molecule has 3 rings (SSSR count). The summed E-state index contributed by atoms with van der Waals surface area (Å²) in [6.07, 6.45) is 7.03. The number of nitrogens with zero attached hydrogens (tertiary/aromatic N) is 4. The molecule has 1 aromatic rings. The van der Waals surface area contributed by atoms with Crippen LogP contribution in [0.4, 0.5) is 0 Å². The predicted molar refractivity (Wildman–Crippen MR) is 113 cm³/mol. The first-order chi connectivity index (χ1) is 14.0. The van der Waals surface area contributed by atoms with Gasteiger partial charge in [0.25, 0.3) is 5.91 Å². The molecule has 1 saturated heterocycles. The van der Waals surface area contributed by atoms with Gasteiger partial charge in [-0.05, 0) is 50.8 Å². The molecule has 6 heteroatoms. The Morgan fingerprint density at radius 2 is 1.76 bits per heavy atom. The third-order valence-electron chi connectivity index (χ3n) is 6.29. The van der Waals surface area contributed by atoms with Gasteiger partial charge in [0.05, 0.1) is 0 Å². The van der Waals surface area contributed by atoms with Crippen molar-refractivity contribution in [2.75, 3.05) is 26.2 Å². The van der Waals surface area contributed by atoms with E-state index in [9.17, 15) is 14.9 Å². The fraction of sp³-hybridized carbons (Fsp3) is 0.609. The Labute approximate surface area is 173 Å². The predicted octanol–water partition coefficient (Wildman–Crippen LogP) is 3.28. The standard InChI is InChI=1S/C23H32N4O2/c1-4-9-27-17(2)14-20(18(27)3)15-21(16-24)23(29)26-12-10-25(11-13-26)22(28)19-7-5-6-8-19/h14-15,19H,4-13H2,1-3H3/b21-15+. The summed E-state index contributed by atoms with van der Waals surface area (Å²) in [5.41, 5.74) is 3.31. The first-order valence-electron chi connectivity index (χ1n) is 10.8. The van der Waals surface area contributed by atoms with E-state index >= 15 is 0 Å². The monoisotopic (exact) mass is 396 g/mol. The molecule has 0 radical (unpaired) electrons. The molecule has 29 heavy (non-hydrogen) atoms. The Bertz CT molecular complexity index is 832. The fourth-order valence-corrected chi connectivity index (χ4v) is 4.57. The smallest absolute Gasteiger partial charge is 0.264 e. The first-order valence-corrected chi connectivity index (χ1v) is 10.8. The molecule has 156 valence electrons. The molecular weight excluding hydrogens is 364 g/mol. The summed E-state index contributed by atoms with van der Waals surface area (Å²) < 4.78 is 2.22. The molecule has 0 bridgehead atoms. The number of aromatic nitrogens is 1. The van der Waals surface area contributed by atoms with Crippen LogP contribution >= 0.6 is 0 Å². The van der Waals surface area contributed by atoms with E-state index in [0.717, 1.165) is 55.6 Å². The molecule has 0 aromatic carbocycles. The number of carbonyl (C=O) groups is 2. The van der Waals surface area contributed by atoms with Crippen LogP contribution in [0.5, 0.6) is 0 Å². The van der Waals surface area contributed by atoms with E-state index in [2.05, 4.69) is 24.5 Å². The number of nitriles is 1. The van der Waals surface area contributed by atoms with Crippen molar-refractivity contribution in [3.63, 3.8) is 0 Å². The van der Waals surface area contributed by atoms with Crippen molar-refractivity contribution in [2.45, 2.75) is 59.4 Å². The summed E-state index contributed by atoms with van der Waals surface area (Å²) in [5.74, 6) is 0.181. The second-order valence-corrected chi connectivity index (χ2v) is 8.25. The number of aryl methyl sites for hydroxylation is 1. The first kappa shape index (κ1) is 21.2. The molecule has 2 amide bonds. The Morgan fingerprint density at radius 1 is 1.14 bits per heavy atom. The number of carbonyl (C=O) groups excluding carboxylic acids is 2. The van der Waals surface area contributed by atoms with Crippen molar-refractivity contribution in [1.82, 2.24) is 14.4 Å². The number of piperazine rings is 1. The van der Waals surface area contributed by atoms with Crippen molar-refractivity contribution in [2.24, 2.45) is 5.92 Å². The lowest BCUT2D eigenvalue weighted by Crippen LogP contribution is -2.52. The van der Waals surface area contributed by atoms with Crippen LogP contribution in [0.1, 0.15) is 56.0 Å². The minimum atomic E-state index is -0.235. The van der Waals surface area contributed by atoms with Gasteiger partial charge in [-0.25, -0.2) is 0 Å². The highest BCUT2D eigenvalue weighted by atomic mass is 16.2. The highest BCUT2D eigenvalue weighted by molar-refractivity contribution is 6.02. The minimum absolute atomic E-state index is 0.164. The van der Waals surface area contributed by atoms with Gasteiger partial charge in [-0.2, -0.15) is 5.26 Å². The lowest BCUT2D eigenvalue weighted by molar-refractivity contribution is -0.140. The largest absolute Gasteiger partial charge is 0.349 e. The topological polar surface area (TPSA) is 69.3 Å². The lowest BCUT2D eigenvalue weighted by atomic mass is 10.1.